The predicted molar refractivity (Wildman–Crippen MR) is 66.6 cm³/mol. The average molecular weight is 233 g/mol. The van der Waals surface area contributed by atoms with Crippen molar-refractivity contribution in [3.8, 4) is 0 Å². The van der Waals surface area contributed by atoms with Crippen molar-refractivity contribution in [2.45, 2.75) is 39.9 Å². The van der Waals surface area contributed by atoms with E-state index in [2.05, 4.69) is 31.2 Å². The quantitative estimate of drug-likeness (QED) is 0.863. The summed E-state index contributed by atoms with van der Waals surface area (Å²) in [5, 5.41) is 7.79. The van der Waals surface area contributed by atoms with Crippen molar-refractivity contribution in [1.29, 1.82) is 0 Å². The molecule has 0 aliphatic carbocycles. The lowest BCUT2D eigenvalue weighted by molar-refractivity contribution is 0.459. The van der Waals surface area contributed by atoms with Gasteiger partial charge in [-0.3, -0.25) is 4.68 Å². The van der Waals surface area contributed by atoms with Gasteiger partial charge in [-0.2, -0.15) is 5.10 Å². The van der Waals surface area contributed by atoms with E-state index >= 15 is 0 Å². The Kier molecular flexibility index (Phi) is 3.64. The predicted octanol–water partition coefficient (Wildman–Crippen LogP) is 2.66. The van der Waals surface area contributed by atoms with Gasteiger partial charge >= 0.3 is 0 Å². The van der Waals surface area contributed by atoms with Gasteiger partial charge in [0, 0.05) is 23.8 Å². The number of aryl methyl sites for hydroxylation is 1. The number of rotatable bonds is 5. The van der Waals surface area contributed by atoms with Crippen molar-refractivity contribution in [3.05, 3.63) is 41.6 Å². The highest BCUT2D eigenvalue weighted by Gasteiger charge is 2.12. The fourth-order valence-corrected chi connectivity index (χ4v) is 1.98. The van der Waals surface area contributed by atoms with Crippen LogP contribution in [-0.4, -0.2) is 9.78 Å². The maximum Gasteiger partial charge on any atom is 0.117 e. The number of nitrogens with one attached hydrogen (secondary N) is 1. The molecule has 0 aliphatic rings. The molecule has 0 bridgehead atoms. The first-order valence-electron chi connectivity index (χ1n) is 6.00. The van der Waals surface area contributed by atoms with E-state index in [1.807, 2.05) is 23.0 Å². The van der Waals surface area contributed by atoms with Crippen LogP contribution in [0.3, 0.4) is 0 Å². The van der Waals surface area contributed by atoms with E-state index in [1.54, 1.807) is 6.26 Å². The molecule has 1 unspecified atom stereocenters. The Balaban J connectivity index is 1.99. The zero-order chi connectivity index (χ0) is 12.3. The van der Waals surface area contributed by atoms with E-state index in [-0.39, 0.29) is 6.04 Å². The third-order valence-electron chi connectivity index (χ3n) is 3.07. The van der Waals surface area contributed by atoms with Crippen LogP contribution < -0.4 is 5.32 Å². The molecule has 2 aromatic heterocycles. The third kappa shape index (κ3) is 2.58. The molecular formula is C13H19N3O. The van der Waals surface area contributed by atoms with Gasteiger partial charge in [0.05, 0.1) is 19.0 Å². The maximum atomic E-state index is 5.29. The summed E-state index contributed by atoms with van der Waals surface area (Å²) in [6.07, 6.45) is 3.64. The minimum Gasteiger partial charge on any atom is -0.468 e. The van der Waals surface area contributed by atoms with Gasteiger partial charge in [0.25, 0.3) is 0 Å². The van der Waals surface area contributed by atoms with E-state index in [0.29, 0.717) is 0 Å². The molecule has 1 atom stereocenters. The van der Waals surface area contributed by atoms with Crippen LogP contribution in [0.15, 0.2) is 29.0 Å². The van der Waals surface area contributed by atoms with Gasteiger partial charge in [-0.15, -0.1) is 0 Å². The van der Waals surface area contributed by atoms with Gasteiger partial charge in [0.1, 0.15) is 5.76 Å². The summed E-state index contributed by atoms with van der Waals surface area (Å²) in [7, 11) is 0. The molecule has 0 radical (unpaired) electrons. The topological polar surface area (TPSA) is 43.0 Å². The molecule has 0 aromatic carbocycles. The second-order valence-electron chi connectivity index (χ2n) is 4.18. The molecule has 0 fully saturated rings. The Labute approximate surface area is 102 Å². The summed E-state index contributed by atoms with van der Waals surface area (Å²) >= 11 is 0. The van der Waals surface area contributed by atoms with Gasteiger partial charge in [0.2, 0.25) is 0 Å². The van der Waals surface area contributed by atoms with Crippen LogP contribution in [0.2, 0.25) is 0 Å². The summed E-state index contributed by atoms with van der Waals surface area (Å²) in [6.45, 7) is 8.01. The molecule has 92 valence electrons. The first-order chi connectivity index (χ1) is 8.22. The van der Waals surface area contributed by atoms with Crippen molar-refractivity contribution in [2.75, 3.05) is 0 Å². The number of aromatic nitrogens is 2. The van der Waals surface area contributed by atoms with Crippen LogP contribution in [0, 0.1) is 6.92 Å². The lowest BCUT2D eigenvalue weighted by atomic mass is 10.1. The van der Waals surface area contributed by atoms with Crippen LogP contribution in [0.4, 0.5) is 0 Å². The Morgan fingerprint density at radius 3 is 2.94 bits per heavy atom. The van der Waals surface area contributed by atoms with E-state index in [1.165, 1.54) is 11.3 Å². The minimum atomic E-state index is 0.278. The fraction of sp³-hybridized carbons (Fsp3) is 0.462. The first-order valence-corrected chi connectivity index (χ1v) is 6.00. The second-order valence-corrected chi connectivity index (χ2v) is 4.18. The van der Waals surface area contributed by atoms with Crippen molar-refractivity contribution < 1.29 is 4.42 Å². The number of furan rings is 1. The third-order valence-corrected chi connectivity index (χ3v) is 3.07. The molecule has 1 N–H and O–H groups in total. The highest BCUT2D eigenvalue weighted by atomic mass is 16.3. The molecule has 2 aromatic rings. The van der Waals surface area contributed by atoms with Gasteiger partial charge < -0.3 is 9.73 Å². The minimum absolute atomic E-state index is 0.278. The SMILES string of the molecule is CCn1ncc(C(C)NCc2ccco2)c1C. The summed E-state index contributed by atoms with van der Waals surface area (Å²) in [4.78, 5) is 0. The highest BCUT2D eigenvalue weighted by molar-refractivity contribution is 5.20. The summed E-state index contributed by atoms with van der Waals surface area (Å²) in [5.74, 6) is 0.956. The van der Waals surface area contributed by atoms with E-state index in [4.69, 9.17) is 4.42 Å². The Bertz CT molecular complexity index is 459. The fourth-order valence-electron chi connectivity index (χ4n) is 1.98. The van der Waals surface area contributed by atoms with Crippen molar-refractivity contribution in [3.63, 3.8) is 0 Å². The Morgan fingerprint density at radius 2 is 2.35 bits per heavy atom. The number of hydrogen-bond donors (Lipinski definition) is 1. The van der Waals surface area contributed by atoms with Gasteiger partial charge in [0.15, 0.2) is 0 Å². The van der Waals surface area contributed by atoms with Crippen molar-refractivity contribution in [1.82, 2.24) is 15.1 Å². The van der Waals surface area contributed by atoms with E-state index < -0.39 is 0 Å². The molecule has 0 saturated carbocycles. The van der Waals surface area contributed by atoms with Crippen LogP contribution >= 0.6 is 0 Å². The molecule has 4 nitrogen and oxygen atoms in total. The van der Waals surface area contributed by atoms with Crippen LogP contribution in [0.25, 0.3) is 0 Å². The molecule has 2 heterocycles. The number of hydrogen-bond acceptors (Lipinski definition) is 3. The smallest absolute Gasteiger partial charge is 0.117 e. The zero-order valence-electron chi connectivity index (χ0n) is 10.6. The van der Waals surface area contributed by atoms with E-state index in [0.717, 1.165) is 18.8 Å². The maximum absolute atomic E-state index is 5.29. The van der Waals surface area contributed by atoms with Gasteiger partial charge in [-0.25, -0.2) is 0 Å². The van der Waals surface area contributed by atoms with Crippen molar-refractivity contribution >= 4 is 0 Å². The lowest BCUT2D eigenvalue weighted by Crippen LogP contribution is -2.18. The highest BCUT2D eigenvalue weighted by Crippen LogP contribution is 2.17. The Morgan fingerprint density at radius 1 is 1.53 bits per heavy atom. The number of nitrogens with zero attached hydrogens (tertiary/aromatic N) is 2. The van der Waals surface area contributed by atoms with Gasteiger partial charge in [-0.1, -0.05) is 0 Å². The van der Waals surface area contributed by atoms with Crippen molar-refractivity contribution in [2.24, 2.45) is 0 Å². The summed E-state index contributed by atoms with van der Waals surface area (Å²) in [6, 6.07) is 4.16. The lowest BCUT2D eigenvalue weighted by Gasteiger charge is -2.12. The monoisotopic (exact) mass is 233 g/mol. The van der Waals surface area contributed by atoms with E-state index in [9.17, 15) is 0 Å². The van der Waals surface area contributed by atoms with Crippen LogP contribution in [-0.2, 0) is 13.1 Å². The second kappa shape index (κ2) is 5.19. The summed E-state index contributed by atoms with van der Waals surface area (Å²) in [5.41, 5.74) is 2.48. The van der Waals surface area contributed by atoms with Crippen LogP contribution in [0.1, 0.15) is 36.9 Å². The van der Waals surface area contributed by atoms with Crippen LogP contribution in [0.5, 0.6) is 0 Å². The van der Waals surface area contributed by atoms with Gasteiger partial charge in [-0.05, 0) is 32.9 Å². The standard InChI is InChI=1S/C13H19N3O/c1-4-16-11(3)13(9-15-16)10(2)14-8-12-6-5-7-17-12/h5-7,9-10,14H,4,8H2,1-3H3. The summed E-state index contributed by atoms with van der Waals surface area (Å²) < 4.78 is 7.31. The molecular weight excluding hydrogens is 214 g/mol. The molecule has 4 heteroatoms. The zero-order valence-corrected chi connectivity index (χ0v) is 10.6. The molecule has 0 spiro atoms. The molecule has 0 saturated heterocycles. The molecule has 2 rings (SSSR count). The molecule has 17 heavy (non-hydrogen) atoms. The molecule has 0 aliphatic heterocycles. The first kappa shape index (κ1) is 11.9. The normalized spacial score (nSPS) is 12.9. The Hall–Kier alpha value is -1.55. The average Bonchev–Trinajstić information content (AvgIpc) is 2.95. The largest absolute Gasteiger partial charge is 0.468 e. The molecule has 0 amide bonds.